The maximum atomic E-state index is 13.2. The van der Waals surface area contributed by atoms with Gasteiger partial charge in [0.15, 0.2) is 0 Å². The van der Waals surface area contributed by atoms with E-state index in [2.05, 4.69) is 10.9 Å². The van der Waals surface area contributed by atoms with Crippen LogP contribution in [0.4, 0.5) is 5.82 Å². The molecule has 1 aromatic heterocycles. The van der Waals surface area contributed by atoms with Crippen molar-refractivity contribution in [1.82, 2.24) is 9.55 Å². The number of esters is 2. The Balaban J connectivity index is 2.02. The summed E-state index contributed by atoms with van der Waals surface area (Å²) < 4.78 is 45.7. The summed E-state index contributed by atoms with van der Waals surface area (Å²) in [7, 11) is -4.37. The van der Waals surface area contributed by atoms with Crippen LogP contribution in [0.5, 0.6) is 0 Å². The molecule has 37 heavy (non-hydrogen) atoms. The molecule has 0 bridgehead atoms. The van der Waals surface area contributed by atoms with Gasteiger partial charge in [0.25, 0.3) is 0 Å². The molecule has 1 aromatic rings. The fourth-order valence-corrected chi connectivity index (χ4v) is 3.76. The third kappa shape index (κ3) is 8.94. The van der Waals surface area contributed by atoms with Gasteiger partial charge < -0.3 is 19.9 Å². The molecule has 0 amide bonds. The number of carbonyl (C=O) groups excluding carboxylic acids is 2. The highest BCUT2D eigenvalue weighted by molar-refractivity contribution is 7.48. The van der Waals surface area contributed by atoms with E-state index < -0.39 is 62.2 Å². The van der Waals surface area contributed by atoms with E-state index in [1.807, 2.05) is 0 Å². The summed E-state index contributed by atoms with van der Waals surface area (Å²) >= 11 is 0. The van der Waals surface area contributed by atoms with Crippen LogP contribution in [0.25, 0.3) is 0 Å². The Hall–Kier alpha value is -2.75. The molecule has 2 rings (SSSR count). The van der Waals surface area contributed by atoms with Crippen molar-refractivity contribution in [1.29, 1.82) is 0 Å². The van der Waals surface area contributed by atoms with E-state index in [0.29, 0.717) is 12.8 Å². The molecule has 0 aromatic carbocycles. The van der Waals surface area contributed by atoms with Gasteiger partial charge >= 0.3 is 25.5 Å². The number of nitrogen functional groups attached to an aromatic ring is 1. The van der Waals surface area contributed by atoms with Crippen LogP contribution in [0.1, 0.15) is 66.2 Å². The van der Waals surface area contributed by atoms with E-state index in [-0.39, 0.29) is 18.0 Å². The zero-order chi connectivity index (χ0) is 28.0. The lowest BCUT2D eigenvalue weighted by Gasteiger charge is -2.22. The quantitative estimate of drug-likeness (QED) is 0.199. The van der Waals surface area contributed by atoms with Crippen molar-refractivity contribution in [2.24, 2.45) is 10.8 Å². The summed E-state index contributed by atoms with van der Waals surface area (Å²) in [5.74, 6) is 1.08. The molecule has 0 saturated carbocycles. The van der Waals surface area contributed by atoms with E-state index in [1.165, 1.54) is 10.8 Å². The van der Waals surface area contributed by atoms with Crippen molar-refractivity contribution < 1.29 is 41.9 Å². The van der Waals surface area contributed by atoms with E-state index in [1.54, 1.807) is 41.5 Å². The number of phosphoric acid groups is 1. The molecule has 1 saturated heterocycles. The van der Waals surface area contributed by atoms with Crippen LogP contribution < -0.4 is 11.4 Å². The molecule has 0 spiro atoms. The first-order valence-corrected chi connectivity index (χ1v) is 12.9. The van der Waals surface area contributed by atoms with Crippen molar-refractivity contribution in [3.05, 3.63) is 22.2 Å². The molecule has 0 aliphatic carbocycles. The molecule has 1 aliphatic rings. The second-order valence-corrected chi connectivity index (χ2v) is 11.9. The van der Waals surface area contributed by atoms with E-state index in [9.17, 15) is 18.9 Å². The van der Waals surface area contributed by atoms with E-state index in [4.69, 9.17) is 39.9 Å². The molecule has 2 N–H and O–H groups in total. The molecule has 14 heteroatoms. The van der Waals surface area contributed by atoms with Crippen molar-refractivity contribution >= 4 is 25.6 Å². The molecule has 1 aliphatic heterocycles. The van der Waals surface area contributed by atoms with Crippen LogP contribution in [-0.4, -0.2) is 47.8 Å². The van der Waals surface area contributed by atoms with Crippen LogP contribution in [0, 0.1) is 23.2 Å². The van der Waals surface area contributed by atoms with E-state index in [0.717, 1.165) is 0 Å². The first-order chi connectivity index (χ1) is 17.1. The molecular weight excluding hydrogens is 509 g/mol. The topological polar surface area (TPSA) is 168 Å². The van der Waals surface area contributed by atoms with Gasteiger partial charge in [0.2, 0.25) is 13.6 Å². The molecular formula is C23H34N3O10P. The second kappa shape index (κ2) is 12.2. The van der Waals surface area contributed by atoms with Gasteiger partial charge in [0.05, 0.1) is 29.1 Å². The van der Waals surface area contributed by atoms with Crippen LogP contribution >= 0.6 is 7.82 Å². The predicted molar refractivity (Wildman–Crippen MR) is 131 cm³/mol. The highest BCUT2D eigenvalue weighted by Crippen LogP contribution is 2.50. The number of nitrogens with zero attached hydrogens (tertiary/aromatic N) is 2. The number of terminal acetylenes is 1. The Kier molecular flexibility index (Phi) is 10.0. The Morgan fingerprint density at radius 1 is 1.11 bits per heavy atom. The van der Waals surface area contributed by atoms with Crippen molar-refractivity contribution in [2.45, 2.75) is 66.7 Å². The number of ether oxygens (including phenoxy) is 3. The largest absolute Gasteiger partial charge is 0.480 e. The van der Waals surface area contributed by atoms with Gasteiger partial charge in [-0.25, -0.2) is 18.4 Å². The maximum Gasteiger partial charge on any atom is 0.480 e. The number of hydrogen-bond acceptors (Lipinski definition) is 12. The Labute approximate surface area is 215 Å². The summed E-state index contributed by atoms with van der Waals surface area (Å²) in [6.07, 6.45) is 6.27. The lowest BCUT2D eigenvalue weighted by molar-refractivity contribution is -0.163. The molecule has 1 fully saturated rings. The smallest absolute Gasteiger partial charge is 0.437 e. The third-order valence-electron chi connectivity index (χ3n) is 4.98. The van der Waals surface area contributed by atoms with Crippen molar-refractivity contribution in [3.8, 4) is 12.3 Å². The highest BCUT2D eigenvalue weighted by atomic mass is 31.2. The van der Waals surface area contributed by atoms with Gasteiger partial charge in [-0.15, -0.1) is 6.42 Å². The van der Waals surface area contributed by atoms with Crippen molar-refractivity contribution in [2.75, 3.05) is 25.9 Å². The van der Waals surface area contributed by atoms with Gasteiger partial charge in [-0.3, -0.25) is 18.7 Å². The Morgan fingerprint density at radius 3 is 2.14 bits per heavy atom. The minimum absolute atomic E-state index is 0.0591. The summed E-state index contributed by atoms with van der Waals surface area (Å²) in [4.78, 5) is 39.9. The zero-order valence-electron chi connectivity index (χ0n) is 21.8. The van der Waals surface area contributed by atoms with Crippen LogP contribution in [-0.2, 0) is 41.9 Å². The number of carbonyl (C=O) groups is 2. The highest BCUT2D eigenvalue weighted by Gasteiger charge is 2.35. The first kappa shape index (κ1) is 30.5. The average molecular weight is 544 g/mol. The number of nitrogens with two attached hydrogens (primary N) is 1. The van der Waals surface area contributed by atoms with E-state index >= 15 is 0 Å². The minimum atomic E-state index is -4.37. The predicted octanol–water partition coefficient (Wildman–Crippen LogP) is 2.74. The zero-order valence-corrected chi connectivity index (χ0v) is 22.7. The fraction of sp³-hybridized carbons (Fsp3) is 0.652. The van der Waals surface area contributed by atoms with Gasteiger partial charge in [-0.05, 0) is 54.4 Å². The third-order valence-corrected chi connectivity index (χ3v) is 6.29. The fourth-order valence-electron chi connectivity index (χ4n) is 2.82. The molecule has 2 heterocycles. The van der Waals surface area contributed by atoms with Crippen LogP contribution in [0.2, 0.25) is 0 Å². The number of anilines is 1. The number of phosphoric ester groups is 1. The first-order valence-electron chi connectivity index (χ1n) is 11.4. The molecule has 0 radical (unpaired) electrons. The minimum Gasteiger partial charge on any atom is -0.437 e. The Bertz CT molecular complexity index is 1090. The molecule has 2 unspecified atom stereocenters. The lowest BCUT2D eigenvalue weighted by Crippen LogP contribution is -2.29. The summed E-state index contributed by atoms with van der Waals surface area (Å²) in [6, 6.07) is 0. The number of hydrogen-bond donors (Lipinski definition) is 1. The average Bonchev–Trinajstić information content (AvgIpc) is 3.25. The van der Waals surface area contributed by atoms with Gasteiger partial charge in [-0.1, -0.05) is 5.92 Å². The standard InChI is InChI=1S/C23H34N3O10P/c1-8-15-11-26(21(29)25-18(15)24)17-10-9-16(36-17)12-33-37(30,34-13-31-19(27)22(2,3)4)35-14-32-20(28)23(5,6)7/h1,11,16-17H,9-10,12-14H2,2-7H3,(H2,24,25,29). The normalized spacial score (nSPS) is 18.3. The molecule has 2 atom stereocenters. The van der Waals surface area contributed by atoms with Gasteiger partial charge in [-0.2, -0.15) is 4.98 Å². The Morgan fingerprint density at radius 2 is 1.65 bits per heavy atom. The second-order valence-electron chi connectivity index (χ2n) is 10.3. The van der Waals surface area contributed by atoms with Gasteiger partial charge in [0, 0.05) is 6.20 Å². The summed E-state index contributed by atoms with van der Waals surface area (Å²) in [6.45, 7) is 8.09. The van der Waals surface area contributed by atoms with Crippen molar-refractivity contribution in [3.63, 3.8) is 0 Å². The molecule has 206 valence electrons. The van der Waals surface area contributed by atoms with Gasteiger partial charge in [0.1, 0.15) is 12.0 Å². The number of aromatic nitrogens is 2. The molecule has 13 nitrogen and oxygen atoms in total. The summed E-state index contributed by atoms with van der Waals surface area (Å²) in [5, 5.41) is 0. The number of rotatable bonds is 10. The summed E-state index contributed by atoms with van der Waals surface area (Å²) in [5.41, 5.74) is 3.60. The maximum absolute atomic E-state index is 13.2. The monoisotopic (exact) mass is 543 g/mol. The van der Waals surface area contributed by atoms with Crippen LogP contribution in [0.15, 0.2) is 11.0 Å². The lowest BCUT2D eigenvalue weighted by atomic mass is 9.98. The SMILES string of the molecule is C#Cc1cn(C2CCC(COP(=O)(OCOC(=O)C(C)(C)C)OCOC(=O)C(C)(C)C)O2)c(=O)nc1N. The van der Waals surface area contributed by atoms with Crippen LogP contribution in [0.3, 0.4) is 0 Å².